The predicted octanol–water partition coefficient (Wildman–Crippen LogP) is 35.0. The number of hydrogen-bond donors (Lipinski definition) is 0. The van der Waals surface area contributed by atoms with Gasteiger partial charge in [0.15, 0.2) is 46.4 Å². The van der Waals surface area contributed by atoms with Crippen molar-refractivity contribution in [3.05, 3.63) is 507 Å². The molecule has 26 aromatic rings. The Hall–Kier alpha value is -19.6. The lowest BCUT2D eigenvalue weighted by molar-refractivity contribution is 0.381. The van der Waals surface area contributed by atoms with E-state index in [0.29, 0.717) is 44.8 Å². The van der Waals surface area contributed by atoms with Crippen molar-refractivity contribution < 1.29 is 35.1 Å². The number of benzene rings is 20. The minimum Gasteiger partial charge on any atom is -0.247 e. The van der Waals surface area contributed by atoms with Crippen molar-refractivity contribution >= 4 is 104 Å². The second-order valence-electron chi connectivity index (χ2n) is 35.6. The molecule has 0 aliphatic rings. The highest BCUT2D eigenvalue weighted by Crippen LogP contribution is 2.50. The molecule has 0 saturated heterocycles. The highest BCUT2D eigenvalue weighted by Gasteiger charge is 2.31. The van der Waals surface area contributed by atoms with Gasteiger partial charge >= 0.3 is 0 Å². The molecule has 148 heavy (non-hydrogen) atoms. The quantitative estimate of drug-likeness (QED) is 0.0344. The first-order valence-corrected chi connectivity index (χ1v) is 47.8. The van der Waals surface area contributed by atoms with Crippen LogP contribution in [-0.2, 0) is 0 Å². The van der Waals surface area contributed by atoms with E-state index in [0.717, 1.165) is 211 Å². The molecule has 20 aromatic carbocycles. The summed E-state index contributed by atoms with van der Waals surface area (Å²) in [6, 6.07) is 144. The molecule has 0 spiro atoms. The van der Waals surface area contributed by atoms with Crippen LogP contribution >= 0.6 is 0 Å². The average molecular weight is 1930 g/mol. The standard InChI is InChI=1S/C45H24F5N3.C45H26F3N3.C40H24N4/c46-36-34(37(47)39(49)40(50)38(36)48)26-20-22-29(23-21-26)41-32-24-31(25-12-4-1-5-13-25)44-45(35(32)30-18-10-11-19-33(30)51-41)53-43(28-16-8-3-9-17-28)42(52-44)27-14-6-2-7-15-27;46-36-24-32(25-37(47)40(36)48)27-20-22-31(23-21-27)41-35-26-34(28-12-4-1-5-13-28)44-45(39(35)33-18-10-11-19-38(33)49-41)51-43(30-16-8-3-9-17-30)42(50-44)29-14-6-2-7-15-29;1-41-30-23-21-29(22-24-30)36-33-25-32(26-13-5-2-6-14-26)39-40(35(33)31-19-11-12-20-34(31)42-36)44-38(28-17-9-4-10-18-28)37(43-39)27-15-7-3-8-16-27/h1-24H;1-26H;2-25H. The summed E-state index contributed by atoms with van der Waals surface area (Å²) in [5, 5.41) is 8.15. The van der Waals surface area contributed by atoms with Crippen molar-refractivity contribution in [3.8, 4) is 157 Å². The molecule has 0 aliphatic heterocycles. The van der Waals surface area contributed by atoms with E-state index in [1.54, 1.807) is 24.3 Å². The number of rotatable bonds is 14. The Morgan fingerprint density at radius 2 is 0.378 bits per heavy atom. The van der Waals surface area contributed by atoms with Crippen molar-refractivity contribution in [2.75, 3.05) is 0 Å². The number of aromatic nitrogens is 9. The van der Waals surface area contributed by atoms with Crippen LogP contribution in [-0.4, -0.2) is 44.9 Å². The number of hydrogen-bond acceptors (Lipinski definition) is 9. The fourth-order valence-corrected chi connectivity index (χ4v) is 19.7. The molecule has 0 fully saturated rings. The molecule has 0 aliphatic carbocycles. The van der Waals surface area contributed by atoms with Crippen LogP contribution in [0, 0.1) is 53.1 Å². The van der Waals surface area contributed by atoms with E-state index < -0.39 is 52.1 Å². The molecule has 0 amide bonds. The first-order valence-electron chi connectivity index (χ1n) is 47.8. The maximum absolute atomic E-state index is 14.8. The number of pyridine rings is 3. The van der Waals surface area contributed by atoms with E-state index in [4.69, 9.17) is 51.4 Å². The zero-order valence-electron chi connectivity index (χ0n) is 78.2. The maximum Gasteiger partial charge on any atom is 0.200 e. The van der Waals surface area contributed by atoms with Crippen molar-refractivity contribution in [1.29, 1.82) is 0 Å². The Labute approximate surface area is 842 Å². The maximum atomic E-state index is 14.8. The molecule has 10 nitrogen and oxygen atoms in total. The molecule has 0 bridgehead atoms. The van der Waals surface area contributed by atoms with Gasteiger partial charge in [0.25, 0.3) is 0 Å². The van der Waals surface area contributed by atoms with Gasteiger partial charge < -0.3 is 0 Å². The number of halogens is 8. The van der Waals surface area contributed by atoms with E-state index >= 15 is 0 Å². The summed E-state index contributed by atoms with van der Waals surface area (Å²) in [6.07, 6.45) is 0. The first-order chi connectivity index (χ1) is 72.7. The smallest absolute Gasteiger partial charge is 0.200 e. The zero-order valence-corrected chi connectivity index (χ0v) is 78.2. The highest BCUT2D eigenvalue weighted by molar-refractivity contribution is 6.27. The molecule has 0 saturated carbocycles. The Bertz CT molecular complexity index is 9710. The summed E-state index contributed by atoms with van der Waals surface area (Å²) in [5.74, 6) is -14.0. The van der Waals surface area contributed by atoms with E-state index in [1.165, 1.54) is 12.1 Å². The molecule has 0 atom stereocenters. The monoisotopic (exact) mass is 1930 g/mol. The van der Waals surface area contributed by atoms with Crippen molar-refractivity contribution in [1.82, 2.24) is 44.9 Å². The fourth-order valence-electron chi connectivity index (χ4n) is 19.7. The Kier molecular flexibility index (Phi) is 23.7. The summed E-state index contributed by atoms with van der Waals surface area (Å²) in [7, 11) is 0. The zero-order chi connectivity index (χ0) is 100. The molecule has 18 heteroatoms. The lowest BCUT2D eigenvalue weighted by atomic mass is 9.92. The van der Waals surface area contributed by atoms with Crippen LogP contribution in [0.15, 0.2) is 449 Å². The van der Waals surface area contributed by atoms with Gasteiger partial charge in [-0.2, -0.15) is 0 Å². The molecule has 6 aromatic heterocycles. The van der Waals surface area contributed by atoms with Crippen molar-refractivity contribution in [2.45, 2.75) is 0 Å². The third kappa shape index (κ3) is 16.6. The SMILES string of the molecule is Fc1c(F)c(F)c(-c2ccc(-c3nc4ccccc4c4c3cc(-c3ccccc3)c3nc(-c5ccccc5)c(-c5ccccc5)nc34)cc2)c(F)c1F.Fc1cc(-c2ccc(-c3nc4ccccc4c4c3cc(-c3ccccc3)c3nc(-c5ccccc5)c(-c5ccccc5)nc34)cc2)cc(F)c1F.[C-]#[N+]c1ccc(-c2nc3ccccc3c3c2cc(-c2ccccc2)c2nc(-c4ccccc4)c(-c4ccccc4)nc23)cc1. The van der Waals surface area contributed by atoms with Gasteiger partial charge in [0.2, 0.25) is 5.82 Å². The molecular formula is C130H74F8N10. The summed E-state index contributed by atoms with van der Waals surface area (Å²) in [4.78, 5) is 51.8. The van der Waals surface area contributed by atoms with Crippen LogP contribution in [0.5, 0.6) is 0 Å². The minimum atomic E-state index is -2.21. The van der Waals surface area contributed by atoms with Gasteiger partial charge in [-0.25, -0.2) is 84.8 Å². The minimum absolute atomic E-state index is 0.172. The summed E-state index contributed by atoms with van der Waals surface area (Å²) >= 11 is 0. The van der Waals surface area contributed by atoms with Crippen LogP contribution in [0.3, 0.4) is 0 Å². The van der Waals surface area contributed by atoms with Gasteiger partial charge in [0.1, 0.15) is 0 Å². The molecule has 0 unspecified atom stereocenters. The highest BCUT2D eigenvalue weighted by atomic mass is 19.2. The Morgan fingerprint density at radius 1 is 0.162 bits per heavy atom. The largest absolute Gasteiger partial charge is 0.247 e. The Balaban J connectivity index is 0.000000119. The summed E-state index contributed by atoms with van der Waals surface area (Å²) < 4.78 is 114. The first kappa shape index (κ1) is 90.9. The predicted molar refractivity (Wildman–Crippen MR) is 579 cm³/mol. The van der Waals surface area contributed by atoms with Crippen LogP contribution in [0.1, 0.15) is 0 Å². The molecule has 6 heterocycles. The summed E-state index contributed by atoms with van der Waals surface area (Å²) in [5.41, 5.74) is 27.6. The van der Waals surface area contributed by atoms with Gasteiger partial charge in [-0.15, -0.1) is 0 Å². The van der Waals surface area contributed by atoms with Gasteiger partial charge in [-0.05, 0) is 87.5 Å². The third-order valence-electron chi connectivity index (χ3n) is 26.8. The Morgan fingerprint density at radius 3 is 0.649 bits per heavy atom. The molecule has 0 N–H and O–H groups in total. The molecular weight excluding hydrogens is 1850 g/mol. The van der Waals surface area contributed by atoms with Gasteiger partial charge in [-0.1, -0.05) is 400 Å². The summed E-state index contributed by atoms with van der Waals surface area (Å²) in [6.45, 7) is 7.44. The van der Waals surface area contributed by atoms with E-state index in [2.05, 4.69) is 120 Å². The van der Waals surface area contributed by atoms with Gasteiger partial charge in [0, 0.05) is 110 Å². The second kappa shape index (κ2) is 38.7. The van der Waals surface area contributed by atoms with Crippen LogP contribution < -0.4 is 0 Å². The van der Waals surface area contributed by atoms with Crippen LogP contribution in [0.4, 0.5) is 40.8 Å². The van der Waals surface area contributed by atoms with Crippen LogP contribution in [0.25, 0.3) is 260 Å². The number of nitrogens with zero attached hydrogens (tertiary/aromatic N) is 10. The average Bonchev–Trinajstić information content (AvgIpc) is 0.722. The molecule has 26 rings (SSSR count). The fraction of sp³-hybridized carbons (Fsp3) is 0. The topological polar surface area (TPSA) is 120 Å². The number of fused-ring (bicyclic) bond motifs is 15. The van der Waals surface area contributed by atoms with Gasteiger partial charge in [0.05, 0.1) is 113 Å². The van der Waals surface area contributed by atoms with Crippen LogP contribution in [0.2, 0.25) is 0 Å². The lowest BCUT2D eigenvalue weighted by Crippen LogP contribution is -2.04. The lowest BCUT2D eigenvalue weighted by Gasteiger charge is -2.18. The third-order valence-corrected chi connectivity index (χ3v) is 26.8. The normalized spacial score (nSPS) is 11.4. The van der Waals surface area contributed by atoms with E-state index in [-0.39, 0.29) is 11.1 Å². The van der Waals surface area contributed by atoms with Gasteiger partial charge in [-0.3, -0.25) is 0 Å². The van der Waals surface area contributed by atoms with E-state index in [1.807, 2.05) is 285 Å². The molecule has 0 radical (unpaired) electrons. The second-order valence-corrected chi connectivity index (χ2v) is 35.6. The number of para-hydroxylation sites is 3. The van der Waals surface area contributed by atoms with Crippen molar-refractivity contribution in [2.24, 2.45) is 0 Å². The van der Waals surface area contributed by atoms with Crippen molar-refractivity contribution in [3.63, 3.8) is 0 Å². The van der Waals surface area contributed by atoms with E-state index in [9.17, 15) is 35.1 Å². The molecule has 700 valence electrons.